The third-order valence-electron chi connectivity index (χ3n) is 2.60. The summed E-state index contributed by atoms with van der Waals surface area (Å²) in [5.74, 6) is 0.669. The largest absolute Gasteiger partial charge is 0.397 e. The lowest BCUT2D eigenvalue weighted by Gasteiger charge is -1.94. The van der Waals surface area contributed by atoms with Crippen LogP contribution in [-0.2, 0) is 0 Å². The molecule has 0 aliphatic heterocycles. The van der Waals surface area contributed by atoms with Gasteiger partial charge in [-0.3, -0.25) is 4.98 Å². The first-order valence-electron chi connectivity index (χ1n) is 5.37. The minimum absolute atomic E-state index is 0.627. The lowest BCUT2D eigenvalue weighted by atomic mass is 10.3. The van der Waals surface area contributed by atoms with E-state index in [1.807, 2.05) is 19.1 Å². The average molecular weight is 304 g/mol. The van der Waals surface area contributed by atoms with Crippen molar-refractivity contribution in [3.8, 4) is 11.5 Å². The first kappa shape index (κ1) is 11.2. The number of imidazole rings is 1. The fourth-order valence-electron chi connectivity index (χ4n) is 1.74. The summed E-state index contributed by atoms with van der Waals surface area (Å²) in [6.45, 7) is 1.89. The van der Waals surface area contributed by atoms with Crippen LogP contribution in [0.25, 0.3) is 22.6 Å². The van der Waals surface area contributed by atoms with Gasteiger partial charge in [-0.15, -0.1) is 0 Å². The number of nitrogens with zero attached hydrogens (tertiary/aromatic N) is 3. The van der Waals surface area contributed by atoms with Gasteiger partial charge in [-0.25, -0.2) is 9.97 Å². The van der Waals surface area contributed by atoms with Crippen LogP contribution in [0.1, 0.15) is 5.69 Å². The second-order valence-electron chi connectivity index (χ2n) is 4.02. The van der Waals surface area contributed by atoms with Gasteiger partial charge in [-0.05, 0) is 19.1 Å². The third-order valence-corrected chi connectivity index (χ3v) is 3.06. The molecular weight excluding hydrogens is 294 g/mol. The fourth-order valence-corrected chi connectivity index (χ4v) is 2.22. The lowest BCUT2D eigenvalue weighted by Crippen LogP contribution is -1.89. The molecule has 3 rings (SSSR count). The number of nitrogens with two attached hydrogens (primary N) is 1. The number of rotatable bonds is 1. The van der Waals surface area contributed by atoms with Crippen LogP contribution >= 0.6 is 15.9 Å². The summed E-state index contributed by atoms with van der Waals surface area (Å²) in [7, 11) is 0. The van der Waals surface area contributed by atoms with Gasteiger partial charge in [0.05, 0.1) is 23.1 Å². The van der Waals surface area contributed by atoms with Crippen molar-refractivity contribution in [1.29, 1.82) is 0 Å². The van der Waals surface area contributed by atoms with Crippen LogP contribution in [0, 0.1) is 6.92 Å². The first-order chi connectivity index (χ1) is 8.63. The maximum absolute atomic E-state index is 5.92. The lowest BCUT2D eigenvalue weighted by molar-refractivity contribution is 1.10. The number of benzene rings is 1. The molecule has 5 nitrogen and oxygen atoms in total. The number of H-pyrrole nitrogens is 1. The Morgan fingerprint density at radius 3 is 2.78 bits per heavy atom. The van der Waals surface area contributed by atoms with Crippen LogP contribution in [-0.4, -0.2) is 19.9 Å². The van der Waals surface area contributed by atoms with E-state index in [9.17, 15) is 0 Å². The molecule has 0 saturated heterocycles. The van der Waals surface area contributed by atoms with Crippen molar-refractivity contribution in [3.05, 3.63) is 34.7 Å². The highest BCUT2D eigenvalue weighted by atomic mass is 79.9. The molecule has 18 heavy (non-hydrogen) atoms. The van der Waals surface area contributed by atoms with Crippen LogP contribution in [0.4, 0.5) is 5.69 Å². The van der Waals surface area contributed by atoms with Crippen LogP contribution in [0.5, 0.6) is 0 Å². The molecule has 0 atom stereocenters. The van der Waals surface area contributed by atoms with E-state index in [0.29, 0.717) is 17.2 Å². The molecule has 2 heterocycles. The van der Waals surface area contributed by atoms with Crippen molar-refractivity contribution in [2.24, 2.45) is 0 Å². The van der Waals surface area contributed by atoms with Gasteiger partial charge in [-0.2, -0.15) is 0 Å². The molecule has 90 valence electrons. The average Bonchev–Trinajstić information content (AvgIpc) is 2.74. The Balaban J connectivity index is 2.19. The van der Waals surface area contributed by atoms with Crippen molar-refractivity contribution >= 4 is 32.7 Å². The van der Waals surface area contributed by atoms with E-state index in [1.54, 1.807) is 12.4 Å². The topological polar surface area (TPSA) is 80.5 Å². The van der Waals surface area contributed by atoms with E-state index < -0.39 is 0 Å². The number of aromatic nitrogens is 4. The SMILES string of the molecule is Cc1cnc(-c2nc3c(N)cc(Br)cc3[nH]2)cn1. The van der Waals surface area contributed by atoms with Gasteiger partial charge in [0.25, 0.3) is 0 Å². The summed E-state index contributed by atoms with van der Waals surface area (Å²) in [4.78, 5) is 16.1. The maximum atomic E-state index is 5.92. The maximum Gasteiger partial charge on any atom is 0.158 e. The number of aromatic amines is 1. The summed E-state index contributed by atoms with van der Waals surface area (Å²) < 4.78 is 0.915. The smallest absolute Gasteiger partial charge is 0.158 e. The Morgan fingerprint density at radius 2 is 2.06 bits per heavy atom. The molecule has 0 saturated carbocycles. The van der Waals surface area contributed by atoms with Gasteiger partial charge >= 0.3 is 0 Å². The Kier molecular flexibility index (Phi) is 2.52. The predicted molar refractivity (Wildman–Crippen MR) is 74.0 cm³/mol. The number of hydrogen-bond donors (Lipinski definition) is 2. The van der Waals surface area contributed by atoms with Gasteiger partial charge in [0.1, 0.15) is 11.2 Å². The molecule has 0 amide bonds. The van der Waals surface area contributed by atoms with Gasteiger partial charge < -0.3 is 10.7 Å². The summed E-state index contributed by atoms with van der Waals surface area (Å²) in [5, 5.41) is 0. The molecule has 0 unspecified atom stereocenters. The molecule has 0 aliphatic rings. The molecule has 3 N–H and O–H groups in total. The summed E-state index contributed by atoms with van der Waals surface area (Å²) in [6, 6.07) is 3.76. The molecule has 0 aliphatic carbocycles. The van der Waals surface area contributed by atoms with E-state index in [2.05, 4.69) is 35.9 Å². The first-order valence-corrected chi connectivity index (χ1v) is 6.16. The monoisotopic (exact) mass is 303 g/mol. The highest BCUT2D eigenvalue weighted by Crippen LogP contribution is 2.26. The molecule has 0 spiro atoms. The number of halogens is 1. The number of hydrogen-bond acceptors (Lipinski definition) is 4. The zero-order valence-electron chi connectivity index (χ0n) is 9.61. The quantitative estimate of drug-likeness (QED) is 0.677. The summed E-state index contributed by atoms with van der Waals surface area (Å²) in [5.41, 5.74) is 9.74. The molecule has 1 aromatic carbocycles. The summed E-state index contributed by atoms with van der Waals surface area (Å²) >= 11 is 3.40. The zero-order chi connectivity index (χ0) is 12.7. The van der Waals surface area contributed by atoms with Crippen molar-refractivity contribution in [2.75, 3.05) is 5.73 Å². The van der Waals surface area contributed by atoms with E-state index in [-0.39, 0.29) is 0 Å². The standard InChI is InChI=1S/C12H10BrN5/c1-6-4-16-10(5-15-6)12-17-9-3-7(13)2-8(14)11(9)18-12/h2-5H,14H2,1H3,(H,17,18). The molecule has 6 heteroatoms. The number of fused-ring (bicyclic) bond motifs is 1. The fraction of sp³-hybridized carbons (Fsp3) is 0.0833. The van der Waals surface area contributed by atoms with Crippen LogP contribution in [0.3, 0.4) is 0 Å². The van der Waals surface area contributed by atoms with Gasteiger partial charge in [0, 0.05) is 10.7 Å². The van der Waals surface area contributed by atoms with Crippen molar-refractivity contribution in [3.63, 3.8) is 0 Å². The third kappa shape index (κ3) is 1.84. The minimum Gasteiger partial charge on any atom is -0.397 e. The highest BCUT2D eigenvalue weighted by Gasteiger charge is 2.09. The van der Waals surface area contributed by atoms with Crippen LogP contribution in [0.2, 0.25) is 0 Å². The van der Waals surface area contributed by atoms with E-state index in [0.717, 1.165) is 21.2 Å². The molecule has 0 radical (unpaired) electrons. The van der Waals surface area contributed by atoms with E-state index in [4.69, 9.17) is 5.73 Å². The summed E-state index contributed by atoms with van der Waals surface area (Å²) in [6.07, 6.45) is 3.40. The molecule has 3 aromatic rings. The van der Waals surface area contributed by atoms with Crippen molar-refractivity contribution in [1.82, 2.24) is 19.9 Å². The molecular formula is C12H10BrN5. The zero-order valence-corrected chi connectivity index (χ0v) is 11.2. The number of aryl methyl sites for hydroxylation is 1. The second-order valence-corrected chi connectivity index (χ2v) is 4.94. The highest BCUT2D eigenvalue weighted by molar-refractivity contribution is 9.10. The van der Waals surface area contributed by atoms with Gasteiger partial charge in [-0.1, -0.05) is 15.9 Å². The number of nitrogen functional groups attached to an aromatic ring is 1. The van der Waals surface area contributed by atoms with E-state index >= 15 is 0 Å². The minimum atomic E-state index is 0.627. The van der Waals surface area contributed by atoms with Crippen LogP contribution in [0.15, 0.2) is 29.0 Å². The number of anilines is 1. The molecule has 0 fully saturated rings. The van der Waals surface area contributed by atoms with Gasteiger partial charge in [0.15, 0.2) is 5.82 Å². The van der Waals surface area contributed by atoms with E-state index in [1.165, 1.54) is 0 Å². The number of nitrogens with one attached hydrogen (secondary N) is 1. The Hall–Kier alpha value is -1.95. The molecule has 0 bridgehead atoms. The normalized spacial score (nSPS) is 11.0. The predicted octanol–water partition coefficient (Wildman–Crippen LogP) is 2.67. The Morgan fingerprint density at radius 1 is 1.22 bits per heavy atom. The Labute approximate surface area is 112 Å². The van der Waals surface area contributed by atoms with Crippen LogP contribution < -0.4 is 5.73 Å². The Bertz CT molecular complexity index is 717. The van der Waals surface area contributed by atoms with Crippen molar-refractivity contribution in [2.45, 2.75) is 6.92 Å². The molecule has 2 aromatic heterocycles. The van der Waals surface area contributed by atoms with Gasteiger partial charge in [0.2, 0.25) is 0 Å². The second kappa shape index (κ2) is 4.06. The van der Waals surface area contributed by atoms with Crippen molar-refractivity contribution < 1.29 is 0 Å².